The minimum atomic E-state index is -1.83. The van der Waals surface area contributed by atoms with Gasteiger partial charge in [-0.1, -0.05) is 77.8 Å². The molecule has 356 valence electrons. The van der Waals surface area contributed by atoms with Gasteiger partial charge in [-0.15, -0.1) is 0 Å². The van der Waals surface area contributed by atoms with Crippen LogP contribution in [0.5, 0.6) is 0 Å². The summed E-state index contributed by atoms with van der Waals surface area (Å²) >= 11 is 5.95. The second-order valence-electron chi connectivity index (χ2n) is 19.6. The van der Waals surface area contributed by atoms with E-state index < -0.39 is 71.9 Å². The first kappa shape index (κ1) is 52.6. The Kier molecular flexibility index (Phi) is 20.4. The normalized spacial score (nSPS) is 37.9. The maximum Gasteiger partial charge on any atom is 0.311 e. The fourth-order valence-corrected chi connectivity index (χ4v) is 10.5. The minimum Gasteiger partial charge on any atom is -0.459 e. The molecule has 7 N–H and O–H groups in total. The van der Waals surface area contributed by atoms with E-state index >= 15 is 0 Å². The molecule has 15 atom stereocenters. The molecule has 1 aromatic rings. The van der Waals surface area contributed by atoms with Crippen molar-refractivity contribution in [2.24, 2.45) is 29.6 Å². The summed E-state index contributed by atoms with van der Waals surface area (Å²) in [7, 11) is 0. The van der Waals surface area contributed by atoms with Crippen molar-refractivity contribution in [2.45, 2.75) is 187 Å². The topological polar surface area (TPSA) is 186 Å². The van der Waals surface area contributed by atoms with Crippen LogP contribution >= 0.6 is 12.2 Å². The van der Waals surface area contributed by atoms with Gasteiger partial charge in [-0.2, -0.15) is 0 Å². The summed E-state index contributed by atoms with van der Waals surface area (Å²) in [5.41, 5.74) is -2.15. The molecule has 4 rings (SSSR count). The van der Waals surface area contributed by atoms with E-state index in [4.69, 9.17) is 26.4 Å². The number of cyclic esters (lactones) is 1. The molecule has 3 aliphatic heterocycles. The molecular weight excluding hydrogens is 809 g/mol. The molecule has 62 heavy (non-hydrogen) atoms. The van der Waals surface area contributed by atoms with E-state index in [1.165, 1.54) is 12.5 Å². The lowest BCUT2D eigenvalue weighted by atomic mass is 9.77. The number of benzene rings is 1. The van der Waals surface area contributed by atoms with Crippen LogP contribution in [-0.4, -0.2) is 152 Å². The van der Waals surface area contributed by atoms with Crippen molar-refractivity contribution in [1.29, 1.82) is 0 Å². The molecule has 0 spiro atoms. The Morgan fingerprint density at radius 2 is 1.69 bits per heavy atom. The van der Waals surface area contributed by atoms with Crippen LogP contribution in [0.15, 0.2) is 30.3 Å². The number of carbonyl (C=O) groups is 1. The van der Waals surface area contributed by atoms with Crippen LogP contribution in [0.4, 0.5) is 0 Å². The number of thiocarbonyl (C=S) groups is 1. The third-order valence-electron chi connectivity index (χ3n) is 14.3. The molecule has 14 heteroatoms. The SMILES string of the molecule is CCC(CC)[C@H]1CC(C)O[C@@H](O[C@@H]2[C@@H](C)[C@H](O)[C@@H](C)C(=O)O[C@H](CC)[C@@](C)(O)C(O)C(C)N(CCCN(CCC3CN3)C(=S)NCCc3ccccc3)C[C@H](C)C[C@@]2(C)O)[C@@H]1O. The number of esters is 1. The van der Waals surface area contributed by atoms with Gasteiger partial charge in [-0.25, -0.2) is 0 Å². The van der Waals surface area contributed by atoms with Gasteiger partial charge in [-0.05, 0) is 109 Å². The zero-order valence-corrected chi connectivity index (χ0v) is 40.4. The number of hydrogen-bond acceptors (Lipinski definition) is 12. The van der Waals surface area contributed by atoms with E-state index in [2.05, 4.69) is 46.4 Å². The van der Waals surface area contributed by atoms with Crippen LogP contribution in [0.1, 0.15) is 120 Å². The van der Waals surface area contributed by atoms with Gasteiger partial charge in [-0.3, -0.25) is 9.69 Å². The van der Waals surface area contributed by atoms with Crippen LogP contribution < -0.4 is 10.6 Å². The smallest absolute Gasteiger partial charge is 0.311 e. The fourth-order valence-electron chi connectivity index (χ4n) is 10.3. The van der Waals surface area contributed by atoms with Crippen molar-refractivity contribution in [3.8, 4) is 0 Å². The van der Waals surface area contributed by atoms with Crippen molar-refractivity contribution >= 4 is 23.3 Å². The summed E-state index contributed by atoms with van der Waals surface area (Å²) in [5.74, 6) is -2.60. The number of rotatable bonds is 16. The largest absolute Gasteiger partial charge is 0.459 e. The number of nitrogens with one attached hydrogen (secondary N) is 2. The van der Waals surface area contributed by atoms with Gasteiger partial charge in [0.1, 0.15) is 23.9 Å². The number of carbonyl (C=O) groups excluding carboxylic acids is 1. The van der Waals surface area contributed by atoms with Gasteiger partial charge < -0.3 is 55.3 Å². The zero-order valence-electron chi connectivity index (χ0n) is 39.5. The Morgan fingerprint density at radius 3 is 2.31 bits per heavy atom. The summed E-state index contributed by atoms with van der Waals surface area (Å²) in [4.78, 5) is 18.2. The maximum atomic E-state index is 13.8. The van der Waals surface area contributed by atoms with Gasteiger partial charge in [0.25, 0.3) is 0 Å². The molecule has 0 radical (unpaired) electrons. The molecular formula is C48H84N4O9S. The maximum absolute atomic E-state index is 13.8. The van der Waals surface area contributed by atoms with E-state index in [9.17, 15) is 30.3 Å². The zero-order chi connectivity index (χ0) is 45.9. The fraction of sp³-hybridized carbons (Fsp3) is 0.833. The standard InChI is InChI=1S/C48H84N4O9S/c1-11-36(12-2)38-26-31(5)59-45(41(38)54)61-43-32(6)40(53)33(7)44(56)60-39(13-3)48(10,58)42(55)34(8)52(29-30(4)27-47(43,9)57)24-17-23-51(25-21-37-28-50-37)46(62)49-22-20-35-18-15-14-16-19-35/h14-16,18-19,30-34,36-43,45,50,53-55,57-58H,11-13,17,20-29H2,1-10H3,(H,49,62)/t30-,31?,32+,33-,34?,37?,38-,39-,40+,41-,42?,43-,45+,47-,48-/m1/s1. The molecule has 3 aliphatic rings. The molecule has 0 aliphatic carbocycles. The average Bonchev–Trinajstić information content (AvgIpc) is 4.07. The molecule has 3 fully saturated rings. The van der Waals surface area contributed by atoms with Crippen LogP contribution in [0.3, 0.4) is 0 Å². The quantitative estimate of drug-likeness (QED) is 0.0692. The summed E-state index contributed by atoms with van der Waals surface area (Å²) in [6.07, 6.45) is -1.53. The summed E-state index contributed by atoms with van der Waals surface area (Å²) in [6, 6.07) is 10.2. The van der Waals surface area contributed by atoms with Crippen molar-refractivity contribution in [3.05, 3.63) is 35.9 Å². The molecule has 1 aromatic carbocycles. The van der Waals surface area contributed by atoms with Crippen molar-refractivity contribution < 1.29 is 44.5 Å². The predicted molar refractivity (Wildman–Crippen MR) is 247 cm³/mol. The van der Waals surface area contributed by atoms with Crippen LogP contribution in [-0.2, 0) is 25.4 Å². The van der Waals surface area contributed by atoms with Crippen molar-refractivity contribution in [1.82, 2.24) is 20.4 Å². The summed E-state index contributed by atoms with van der Waals surface area (Å²) < 4.78 is 18.9. The summed E-state index contributed by atoms with van der Waals surface area (Å²) in [5, 5.41) is 67.8. The minimum absolute atomic E-state index is 0.0695. The first-order chi connectivity index (χ1) is 29.2. The van der Waals surface area contributed by atoms with E-state index in [1.807, 2.05) is 39.0 Å². The van der Waals surface area contributed by atoms with Gasteiger partial charge in [0, 0.05) is 57.3 Å². The Hall–Kier alpha value is -1.98. The highest BCUT2D eigenvalue weighted by Crippen LogP contribution is 2.39. The molecule has 3 heterocycles. The summed E-state index contributed by atoms with van der Waals surface area (Å²) in [6.45, 7) is 22.6. The lowest BCUT2D eigenvalue weighted by molar-refractivity contribution is -0.303. The molecule has 0 aromatic heterocycles. The molecule has 4 unspecified atom stereocenters. The molecule has 0 saturated carbocycles. The first-order valence-corrected chi connectivity index (χ1v) is 24.2. The lowest BCUT2D eigenvalue weighted by Crippen LogP contribution is -2.59. The number of ether oxygens (including phenoxy) is 3. The van der Waals surface area contributed by atoms with E-state index in [1.54, 1.807) is 27.7 Å². The Morgan fingerprint density at radius 1 is 1.03 bits per heavy atom. The van der Waals surface area contributed by atoms with Crippen LogP contribution in [0.2, 0.25) is 0 Å². The highest BCUT2D eigenvalue weighted by atomic mass is 32.1. The lowest BCUT2D eigenvalue weighted by Gasteiger charge is -2.47. The second-order valence-corrected chi connectivity index (χ2v) is 20.0. The molecule has 13 nitrogen and oxygen atoms in total. The molecule has 3 saturated heterocycles. The van der Waals surface area contributed by atoms with Gasteiger partial charge in [0.2, 0.25) is 0 Å². The van der Waals surface area contributed by atoms with Crippen molar-refractivity contribution in [2.75, 3.05) is 39.3 Å². The van der Waals surface area contributed by atoms with Crippen molar-refractivity contribution in [3.63, 3.8) is 0 Å². The molecule has 0 bridgehead atoms. The third-order valence-corrected chi connectivity index (χ3v) is 14.7. The van der Waals surface area contributed by atoms with Gasteiger partial charge in [0.05, 0.1) is 29.8 Å². The second kappa shape index (κ2) is 24.0. The number of hydrogen-bond donors (Lipinski definition) is 7. The predicted octanol–water partition coefficient (Wildman–Crippen LogP) is 4.64. The van der Waals surface area contributed by atoms with Crippen LogP contribution in [0.25, 0.3) is 0 Å². The third kappa shape index (κ3) is 14.3. The number of aliphatic hydroxyl groups is 5. The average molecular weight is 893 g/mol. The Labute approximate surface area is 378 Å². The number of aliphatic hydroxyl groups excluding tert-OH is 3. The van der Waals surface area contributed by atoms with Gasteiger partial charge >= 0.3 is 5.97 Å². The number of nitrogens with zero attached hydrogens (tertiary/aromatic N) is 2. The highest BCUT2D eigenvalue weighted by Gasteiger charge is 2.50. The first-order valence-electron chi connectivity index (χ1n) is 23.8. The molecule has 0 amide bonds. The van der Waals surface area contributed by atoms with E-state index in [-0.39, 0.29) is 36.7 Å². The monoisotopic (exact) mass is 893 g/mol. The van der Waals surface area contributed by atoms with Gasteiger partial charge in [0.15, 0.2) is 11.4 Å². The van der Waals surface area contributed by atoms with E-state index in [0.29, 0.717) is 50.2 Å². The Balaban J connectivity index is 1.61. The Bertz CT molecular complexity index is 1500. The van der Waals surface area contributed by atoms with Crippen LogP contribution in [0, 0.1) is 29.6 Å². The highest BCUT2D eigenvalue weighted by molar-refractivity contribution is 7.80. The van der Waals surface area contributed by atoms with E-state index in [0.717, 1.165) is 38.8 Å².